The lowest BCUT2D eigenvalue weighted by molar-refractivity contribution is -0.282. The number of carbonyl (C=O) groups is 2. The van der Waals surface area contributed by atoms with E-state index >= 15 is 0 Å². The minimum absolute atomic E-state index is 0.264. The largest absolute Gasteiger partial charge is 0.509 e. The highest BCUT2D eigenvalue weighted by atomic mass is 16.8. The zero-order valence-electron chi connectivity index (χ0n) is 22.9. The van der Waals surface area contributed by atoms with Crippen molar-refractivity contribution in [2.75, 3.05) is 20.8 Å². The van der Waals surface area contributed by atoms with Crippen LogP contribution in [0.25, 0.3) is 11.1 Å². The lowest BCUT2D eigenvalue weighted by Crippen LogP contribution is -2.62. The van der Waals surface area contributed by atoms with E-state index in [2.05, 4.69) is 5.32 Å². The topological polar surface area (TPSA) is 102 Å². The number of hydrogen-bond acceptors (Lipinski definition) is 8. The summed E-state index contributed by atoms with van der Waals surface area (Å²) in [6.45, 7) is 4.11. The number of para-hydroxylation sites is 1. The van der Waals surface area contributed by atoms with Crippen LogP contribution in [0, 0.1) is 0 Å². The number of hydrogen-bond donors (Lipinski definition) is 1. The molecule has 2 aliphatic rings. The first kappa shape index (κ1) is 27.5. The minimum Gasteiger partial charge on any atom is -0.496 e. The normalized spacial score (nSPS) is 22.9. The van der Waals surface area contributed by atoms with Crippen molar-refractivity contribution < 1.29 is 38.0 Å². The zero-order valence-corrected chi connectivity index (χ0v) is 22.9. The van der Waals surface area contributed by atoms with Crippen LogP contribution in [0.15, 0.2) is 72.8 Å². The highest BCUT2D eigenvalue weighted by Gasteiger charge is 2.58. The van der Waals surface area contributed by atoms with Gasteiger partial charge in [-0.05, 0) is 55.7 Å². The Labute approximate surface area is 233 Å². The lowest BCUT2D eigenvalue weighted by atomic mass is 9.89. The Hall–Kier alpha value is -4.08. The van der Waals surface area contributed by atoms with E-state index in [9.17, 15) is 9.59 Å². The smallest absolute Gasteiger partial charge is 0.496 e. The molecule has 4 atom stereocenters. The average Bonchev–Trinajstić information content (AvgIpc) is 3.34. The second kappa shape index (κ2) is 11.6. The summed E-state index contributed by atoms with van der Waals surface area (Å²) >= 11 is 0. The first-order valence-electron chi connectivity index (χ1n) is 13.1. The van der Waals surface area contributed by atoms with Gasteiger partial charge in [-0.15, -0.1) is 0 Å². The summed E-state index contributed by atoms with van der Waals surface area (Å²) in [7, 11) is 3.12. The first-order chi connectivity index (χ1) is 19.3. The van der Waals surface area contributed by atoms with Crippen LogP contribution in [0.1, 0.15) is 29.8 Å². The summed E-state index contributed by atoms with van der Waals surface area (Å²) in [6.07, 6.45) is -3.21. The Morgan fingerprint density at radius 1 is 0.925 bits per heavy atom. The van der Waals surface area contributed by atoms with Crippen LogP contribution in [0.5, 0.6) is 11.5 Å². The summed E-state index contributed by atoms with van der Waals surface area (Å²) in [5, 5.41) is 3.02. The van der Waals surface area contributed by atoms with Crippen molar-refractivity contribution in [1.29, 1.82) is 0 Å². The lowest BCUT2D eigenvalue weighted by Gasteiger charge is -2.45. The first-order valence-corrected chi connectivity index (χ1v) is 13.1. The van der Waals surface area contributed by atoms with Crippen LogP contribution >= 0.6 is 0 Å². The number of rotatable bonds is 9. The van der Waals surface area contributed by atoms with E-state index in [0.29, 0.717) is 35.6 Å². The summed E-state index contributed by atoms with van der Waals surface area (Å²) < 4.78 is 34.3. The Balaban J connectivity index is 1.43. The molecule has 9 heteroatoms. The predicted molar refractivity (Wildman–Crippen MR) is 146 cm³/mol. The van der Waals surface area contributed by atoms with Gasteiger partial charge in [0.1, 0.15) is 17.6 Å². The molecular formula is C31H33NO8. The van der Waals surface area contributed by atoms with Gasteiger partial charge in [0.25, 0.3) is 5.91 Å². The van der Waals surface area contributed by atoms with Crippen molar-refractivity contribution in [1.82, 2.24) is 5.32 Å². The van der Waals surface area contributed by atoms with Crippen LogP contribution < -0.4 is 14.8 Å². The third-order valence-electron chi connectivity index (χ3n) is 7.14. The molecule has 0 radical (unpaired) electrons. The van der Waals surface area contributed by atoms with E-state index in [-0.39, 0.29) is 5.91 Å². The number of benzene rings is 3. The van der Waals surface area contributed by atoms with Crippen molar-refractivity contribution in [3.05, 3.63) is 83.9 Å². The van der Waals surface area contributed by atoms with Crippen LogP contribution in [0.2, 0.25) is 0 Å². The molecule has 3 aromatic carbocycles. The van der Waals surface area contributed by atoms with Gasteiger partial charge in [-0.1, -0.05) is 48.5 Å². The van der Waals surface area contributed by atoms with E-state index in [0.717, 1.165) is 11.1 Å². The molecule has 1 N–H and O–H groups in total. The molecule has 0 unspecified atom stereocenters. The van der Waals surface area contributed by atoms with E-state index in [1.165, 1.54) is 7.11 Å². The molecule has 210 valence electrons. The molecule has 2 saturated heterocycles. The molecule has 0 bridgehead atoms. The molecule has 2 fully saturated rings. The third kappa shape index (κ3) is 5.61. The Bertz CT molecular complexity index is 1360. The second-order valence-electron chi connectivity index (χ2n) is 10.2. The highest BCUT2D eigenvalue weighted by molar-refractivity contribution is 6.02. The molecule has 2 aliphatic heterocycles. The van der Waals surface area contributed by atoms with Crippen LogP contribution in [-0.2, 0) is 25.4 Å². The molecule has 0 aliphatic carbocycles. The van der Waals surface area contributed by atoms with E-state index in [4.69, 9.17) is 28.4 Å². The number of carbonyl (C=O) groups excluding carboxylic acids is 2. The van der Waals surface area contributed by atoms with Gasteiger partial charge < -0.3 is 33.7 Å². The zero-order chi connectivity index (χ0) is 28.3. The Morgan fingerprint density at radius 3 is 2.40 bits per heavy atom. The van der Waals surface area contributed by atoms with Gasteiger partial charge in [0, 0.05) is 19.2 Å². The standard InChI is InChI=1S/C31H33NO8/c1-31(2)27(36-4)25-26(39-30(34)38-25)29(40-31)37-20-14-15-21(22-12-8-9-13-24(22)35-3)23(18-20)28(33)32-17-16-19-10-6-5-7-11-19/h5-15,18,25-27,29H,16-17H2,1-4H3,(H,32,33)/t25-,26+,27+,29+/m0/s1. The van der Waals surface area contributed by atoms with Gasteiger partial charge in [-0.2, -0.15) is 0 Å². The van der Waals surface area contributed by atoms with E-state index < -0.39 is 36.4 Å². The van der Waals surface area contributed by atoms with Crippen molar-refractivity contribution >= 4 is 12.1 Å². The summed E-state index contributed by atoms with van der Waals surface area (Å²) in [5.74, 6) is 0.737. The van der Waals surface area contributed by atoms with Crippen molar-refractivity contribution in [2.45, 2.75) is 50.5 Å². The number of nitrogens with one attached hydrogen (secondary N) is 1. The monoisotopic (exact) mass is 547 g/mol. The number of amides is 1. The fourth-order valence-electron chi connectivity index (χ4n) is 5.25. The molecule has 0 aromatic heterocycles. The molecule has 9 nitrogen and oxygen atoms in total. The van der Waals surface area contributed by atoms with Crippen molar-refractivity contribution in [3.63, 3.8) is 0 Å². The number of ether oxygens (including phenoxy) is 6. The van der Waals surface area contributed by atoms with E-state index in [1.807, 2.05) is 68.4 Å². The Kier molecular flexibility index (Phi) is 7.95. The van der Waals surface area contributed by atoms with E-state index in [1.54, 1.807) is 25.3 Å². The Morgan fingerprint density at radius 2 is 1.65 bits per heavy atom. The molecule has 5 rings (SSSR count). The second-order valence-corrected chi connectivity index (χ2v) is 10.2. The van der Waals surface area contributed by atoms with Gasteiger partial charge in [0.05, 0.1) is 18.3 Å². The van der Waals surface area contributed by atoms with Crippen LogP contribution in [0.3, 0.4) is 0 Å². The van der Waals surface area contributed by atoms with Gasteiger partial charge in [0.2, 0.25) is 12.4 Å². The van der Waals surface area contributed by atoms with Gasteiger partial charge in [0.15, 0.2) is 6.10 Å². The summed E-state index contributed by atoms with van der Waals surface area (Å²) in [4.78, 5) is 25.6. The van der Waals surface area contributed by atoms with Crippen LogP contribution in [-0.4, -0.2) is 63.0 Å². The molecule has 1 amide bonds. The molecule has 2 heterocycles. The molecular weight excluding hydrogens is 514 g/mol. The maximum atomic E-state index is 13.5. The quantitative estimate of drug-likeness (QED) is 0.383. The highest BCUT2D eigenvalue weighted by Crippen LogP contribution is 2.40. The third-order valence-corrected chi connectivity index (χ3v) is 7.14. The summed E-state index contributed by atoms with van der Waals surface area (Å²) in [5.41, 5.74) is 2.12. The minimum atomic E-state index is -0.982. The van der Waals surface area contributed by atoms with Gasteiger partial charge in [-0.3, -0.25) is 4.79 Å². The van der Waals surface area contributed by atoms with Gasteiger partial charge in [-0.25, -0.2) is 4.79 Å². The van der Waals surface area contributed by atoms with Crippen molar-refractivity contribution in [3.8, 4) is 22.6 Å². The molecule has 0 saturated carbocycles. The molecule has 40 heavy (non-hydrogen) atoms. The number of fused-ring (bicyclic) bond motifs is 1. The maximum Gasteiger partial charge on any atom is 0.509 e. The molecule has 0 spiro atoms. The van der Waals surface area contributed by atoms with Gasteiger partial charge >= 0.3 is 6.16 Å². The fourth-order valence-corrected chi connectivity index (χ4v) is 5.25. The number of methoxy groups -OCH3 is 2. The SMILES string of the molecule is COc1ccccc1-c1ccc(O[C@@H]2OC(C)(C)[C@H](OC)[C@H]3OC(=O)O[C@@H]23)cc1C(=O)NCCc1ccccc1. The maximum absolute atomic E-state index is 13.5. The van der Waals surface area contributed by atoms with Crippen molar-refractivity contribution in [2.24, 2.45) is 0 Å². The predicted octanol–water partition coefficient (Wildman–Crippen LogP) is 4.77. The molecule has 3 aromatic rings. The van der Waals surface area contributed by atoms with Crippen LogP contribution in [0.4, 0.5) is 4.79 Å². The average molecular weight is 548 g/mol. The summed E-state index contributed by atoms with van der Waals surface area (Å²) in [6, 6.07) is 22.6. The fraction of sp³-hybridized carbons (Fsp3) is 0.355.